The van der Waals surface area contributed by atoms with Crippen LogP contribution in [0.25, 0.3) is 5.69 Å². The fourth-order valence-corrected chi connectivity index (χ4v) is 1.95. The fraction of sp³-hybridized carbons (Fsp3) is 0.267. The van der Waals surface area contributed by atoms with Crippen LogP contribution in [-0.2, 0) is 4.79 Å². The number of amides is 1. The van der Waals surface area contributed by atoms with Crippen molar-refractivity contribution in [1.82, 2.24) is 14.7 Å². The van der Waals surface area contributed by atoms with Gasteiger partial charge in [-0.05, 0) is 19.1 Å². The molecular weight excluding hydrogens is 270 g/mol. The number of para-hydroxylation sites is 1. The number of aryl methyl sites for hydroxylation is 1. The largest absolute Gasteiger partial charge is 0.481 e. The Balaban J connectivity index is 2.19. The van der Waals surface area contributed by atoms with Gasteiger partial charge in [0.2, 0.25) is 0 Å². The first kappa shape index (κ1) is 14.8. The molecule has 21 heavy (non-hydrogen) atoms. The molecule has 0 spiro atoms. The summed E-state index contributed by atoms with van der Waals surface area (Å²) >= 11 is 0. The van der Waals surface area contributed by atoms with Gasteiger partial charge in [0, 0.05) is 19.8 Å². The first-order valence-electron chi connectivity index (χ1n) is 6.58. The zero-order valence-electron chi connectivity index (χ0n) is 12.0. The normalized spacial score (nSPS) is 10.4. The molecule has 0 aliphatic rings. The third-order valence-corrected chi connectivity index (χ3v) is 3.16. The molecule has 2 rings (SSSR count). The molecule has 1 N–H and O–H groups in total. The van der Waals surface area contributed by atoms with E-state index < -0.39 is 5.97 Å². The number of rotatable bonds is 5. The second-order valence-corrected chi connectivity index (χ2v) is 4.78. The molecule has 0 saturated carbocycles. The summed E-state index contributed by atoms with van der Waals surface area (Å²) in [5.41, 5.74) is 1.96. The molecule has 6 nitrogen and oxygen atoms in total. The second-order valence-electron chi connectivity index (χ2n) is 4.78. The molecule has 0 unspecified atom stereocenters. The molecule has 1 aromatic heterocycles. The van der Waals surface area contributed by atoms with Gasteiger partial charge in [0.15, 0.2) is 0 Å². The SMILES string of the molecule is Cc1nn(-c2ccccc2)cc1C(=O)N(C)CCC(=O)O. The Morgan fingerprint density at radius 2 is 1.95 bits per heavy atom. The van der Waals surface area contributed by atoms with Crippen molar-refractivity contribution in [3.63, 3.8) is 0 Å². The quantitative estimate of drug-likeness (QED) is 0.908. The summed E-state index contributed by atoms with van der Waals surface area (Å²) in [4.78, 5) is 24.3. The third kappa shape index (κ3) is 3.47. The number of carboxylic acid groups (broad SMARTS) is 1. The molecule has 2 aromatic rings. The van der Waals surface area contributed by atoms with Gasteiger partial charge in [-0.15, -0.1) is 0 Å². The molecule has 110 valence electrons. The van der Waals surface area contributed by atoms with E-state index in [4.69, 9.17) is 5.11 Å². The van der Waals surface area contributed by atoms with Crippen LogP contribution < -0.4 is 0 Å². The number of carbonyl (C=O) groups is 2. The molecular formula is C15H17N3O3. The van der Waals surface area contributed by atoms with Crippen LogP contribution in [0.4, 0.5) is 0 Å². The van der Waals surface area contributed by atoms with Gasteiger partial charge in [0.05, 0.1) is 23.4 Å². The van der Waals surface area contributed by atoms with E-state index in [1.165, 1.54) is 4.90 Å². The van der Waals surface area contributed by atoms with E-state index in [1.54, 1.807) is 24.9 Å². The van der Waals surface area contributed by atoms with Gasteiger partial charge in [0.25, 0.3) is 5.91 Å². The lowest BCUT2D eigenvalue weighted by Gasteiger charge is -2.15. The van der Waals surface area contributed by atoms with E-state index in [1.807, 2.05) is 30.3 Å². The van der Waals surface area contributed by atoms with E-state index >= 15 is 0 Å². The van der Waals surface area contributed by atoms with Gasteiger partial charge >= 0.3 is 5.97 Å². The molecule has 1 aromatic carbocycles. The van der Waals surface area contributed by atoms with Crippen molar-refractivity contribution in [1.29, 1.82) is 0 Å². The molecule has 0 fully saturated rings. The first-order chi connectivity index (χ1) is 9.99. The highest BCUT2D eigenvalue weighted by Crippen LogP contribution is 2.13. The van der Waals surface area contributed by atoms with Crippen LogP contribution in [0.1, 0.15) is 22.5 Å². The summed E-state index contributed by atoms with van der Waals surface area (Å²) < 4.78 is 1.65. The third-order valence-electron chi connectivity index (χ3n) is 3.16. The van der Waals surface area contributed by atoms with Crippen molar-refractivity contribution in [3.05, 3.63) is 47.8 Å². The van der Waals surface area contributed by atoms with Crippen LogP contribution in [0.2, 0.25) is 0 Å². The lowest BCUT2D eigenvalue weighted by Crippen LogP contribution is -2.29. The summed E-state index contributed by atoms with van der Waals surface area (Å²) in [5, 5.41) is 13.0. The molecule has 0 aliphatic heterocycles. The minimum Gasteiger partial charge on any atom is -0.481 e. The van der Waals surface area contributed by atoms with Crippen LogP contribution in [0.15, 0.2) is 36.5 Å². The van der Waals surface area contributed by atoms with Crippen molar-refractivity contribution in [2.75, 3.05) is 13.6 Å². The minimum atomic E-state index is -0.925. The standard InChI is InChI=1S/C15H17N3O3/c1-11-13(15(21)17(2)9-8-14(19)20)10-18(16-11)12-6-4-3-5-7-12/h3-7,10H,8-9H2,1-2H3,(H,19,20). The summed E-state index contributed by atoms with van der Waals surface area (Å²) in [7, 11) is 1.59. The van der Waals surface area contributed by atoms with Gasteiger partial charge in [-0.25, -0.2) is 4.68 Å². The summed E-state index contributed by atoms with van der Waals surface area (Å²) in [6.45, 7) is 1.93. The van der Waals surface area contributed by atoms with E-state index in [-0.39, 0.29) is 18.9 Å². The number of nitrogens with zero attached hydrogens (tertiary/aromatic N) is 3. The molecule has 1 amide bonds. The van der Waals surface area contributed by atoms with Gasteiger partial charge in [-0.1, -0.05) is 18.2 Å². The van der Waals surface area contributed by atoms with Crippen LogP contribution >= 0.6 is 0 Å². The number of aliphatic carboxylic acids is 1. The molecule has 0 radical (unpaired) electrons. The highest BCUT2D eigenvalue weighted by molar-refractivity contribution is 5.95. The second kappa shape index (κ2) is 6.21. The predicted octanol–water partition coefficient (Wildman–Crippen LogP) is 1.73. The van der Waals surface area contributed by atoms with Crippen LogP contribution in [0.5, 0.6) is 0 Å². The van der Waals surface area contributed by atoms with E-state index in [2.05, 4.69) is 5.10 Å². The highest BCUT2D eigenvalue weighted by Gasteiger charge is 2.18. The summed E-state index contributed by atoms with van der Waals surface area (Å²) in [6, 6.07) is 9.49. The van der Waals surface area contributed by atoms with E-state index in [9.17, 15) is 9.59 Å². The topological polar surface area (TPSA) is 75.4 Å². The Morgan fingerprint density at radius 3 is 2.57 bits per heavy atom. The van der Waals surface area contributed by atoms with Crippen LogP contribution in [-0.4, -0.2) is 45.3 Å². The average molecular weight is 287 g/mol. The van der Waals surface area contributed by atoms with E-state index in [0.717, 1.165) is 5.69 Å². The first-order valence-corrected chi connectivity index (χ1v) is 6.58. The Bertz CT molecular complexity index is 649. The number of hydrogen-bond acceptors (Lipinski definition) is 3. The number of hydrogen-bond donors (Lipinski definition) is 1. The van der Waals surface area contributed by atoms with Gasteiger partial charge in [-0.3, -0.25) is 9.59 Å². The zero-order valence-corrected chi connectivity index (χ0v) is 12.0. The van der Waals surface area contributed by atoms with Crippen molar-refractivity contribution < 1.29 is 14.7 Å². The maximum absolute atomic E-state index is 12.3. The molecule has 0 aliphatic carbocycles. The minimum absolute atomic E-state index is 0.0753. The van der Waals surface area contributed by atoms with E-state index in [0.29, 0.717) is 11.3 Å². The Labute approximate surface area is 122 Å². The molecule has 1 heterocycles. The van der Waals surface area contributed by atoms with Gasteiger partial charge in [-0.2, -0.15) is 5.10 Å². The van der Waals surface area contributed by atoms with Crippen molar-refractivity contribution in [3.8, 4) is 5.69 Å². The van der Waals surface area contributed by atoms with Crippen LogP contribution in [0, 0.1) is 6.92 Å². The Hall–Kier alpha value is -2.63. The molecule has 0 saturated heterocycles. The summed E-state index contributed by atoms with van der Waals surface area (Å²) in [6.07, 6.45) is 1.60. The maximum atomic E-state index is 12.3. The lowest BCUT2D eigenvalue weighted by atomic mass is 10.2. The van der Waals surface area contributed by atoms with Gasteiger partial charge < -0.3 is 10.0 Å². The van der Waals surface area contributed by atoms with Crippen LogP contribution in [0.3, 0.4) is 0 Å². The average Bonchev–Trinajstić information content (AvgIpc) is 2.86. The zero-order chi connectivity index (χ0) is 15.4. The maximum Gasteiger partial charge on any atom is 0.305 e. The summed E-state index contributed by atoms with van der Waals surface area (Å²) in [5.74, 6) is -1.15. The number of carbonyl (C=O) groups excluding carboxylic acids is 1. The number of carboxylic acids is 1. The van der Waals surface area contributed by atoms with Crippen molar-refractivity contribution in [2.45, 2.75) is 13.3 Å². The monoisotopic (exact) mass is 287 g/mol. The smallest absolute Gasteiger partial charge is 0.305 e. The molecule has 6 heteroatoms. The Morgan fingerprint density at radius 1 is 1.29 bits per heavy atom. The number of aromatic nitrogens is 2. The van der Waals surface area contributed by atoms with Gasteiger partial charge in [0.1, 0.15) is 0 Å². The Kier molecular flexibility index (Phi) is 4.37. The predicted molar refractivity (Wildman–Crippen MR) is 77.5 cm³/mol. The van der Waals surface area contributed by atoms with Crippen molar-refractivity contribution in [2.24, 2.45) is 0 Å². The molecule has 0 bridgehead atoms. The van der Waals surface area contributed by atoms with Crippen molar-refractivity contribution >= 4 is 11.9 Å². The highest BCUT2D eigenvalue weighted by atomic mass is 16.4. The molecule has 0 atom stereocenters. The number of benzene rings is 1. The lowest BCUT2D eigenvalue weighted by molar-refractivity contribution is -0.137. The fourth-order valence-electron chi connectivity index (χ4n) is 1.95.